The number of amides is 1. The molecule has 0 aromatic heterocycles. The van der Waals surface area contributed by atoms with Crippen molar-refractivity contribution in [1.82, 2.24) is 4.90 Å². The van der Waals surface area contributed by atoms with Gasteiger partial charge in [0, 0.05) is 6.54 Å². The lowest BCUT2D eigenvalue weighted by molar-refractivity contribution is 0.0937. The van der Waals surface area contributed by atoms with E-state index in [9.17, 15) is 4.79 Å². The molecule has 0 spiro atoms. The molecule has 0 N–H and O–H groups in total. The number of carbonyl (C=O) groups excluding carboxylic acids is 1. The van der Waals surface area contributed by atoms with Gasteiger partial charge in [0.25, 0.3) is 0 Å². The minimum atomic E-state index is -1.87. The number of benzene rings is 1. The molecule has 1 aliphatic heterocycles. The van der Waals surface area contributed by atoms with Gasteiger partial charge in [0.05, 0.1) is 12.3 Å². The number of rotatable bonds is 4. The molecule has 0 bridgehead atoms. The second-order valence-corrected chi connectivity index (χ2v) is 12.5. The van der Waals surface area contributed by atoms with Gasteiger partial charge in [0.15, 0.2) is 0 Å². The number of hydrogen-bond acceptors (Lipinski definition) is 3. The molecule has 4 nitrogen and oxygen atoms in total. The smallest absolute Gasteiger partial charge is 0.410 e. The van der Waals surface area contributed by atoms with Crippen LogP contribution in [-0.2, 0) is 15.8 Å². The third kappa shape index (κ3) is 4.87. The Hall–Kier alpha value is -1.75. The maximum Gasteiger partial charge on any atom is 0.410 e. The molecule has 1 amide bonds. The van der Waals surface area contributed by atoms with Crippen LogP contribution in [0.5, 0.6) is 0 Å². The third-order valence-corrected chi connectivity index (χ3v) is 9.16. The second kappa shape index (κ2) is 7.43. The van der Waals surface area contributed by atoms with Gasteiger partial charge in [-0.15, -0.1) is 0 Å². The lowest BCUT2D eigenvalue weighted by atomic mass is 10.2. The number of ether oxygens (including phenoxy) is 1. The van der Waals surface area contributed by atoms with E-state index in [0.717, 1.165) is 17.7 Å². The second-order valence-electron chi connectivity index (χ2n) is 7.78. The van der Waals surface area contributed by atoms with Crippen LogP contribution < -0.4 is 0 Å². The summed E-state index contributed by atoms with van der Waals surface area (Å²) in [6, 6.07) is 9.74. The van der Waals surface area contributed by atoms with Crippen molar-refractivity contribution < 1.29 is 14.0 Å². The minimum Gasteiger partial charge on any atom is -0.545 e. The van der Waals surface area contributed by atoms with Crippen LogP contribution in [0, 0.1) is 0 Å². The van der Waals surface area contributed by atoms with Gasteiger partial charge in [0.1, 0.15) is 6.61 Å². The van der Waals surface area contributed by atoms with Crippen molar-refractivity contribution in [2.24, 2.45) is 0 Å². The zero-order valence-corrected chi connectivity index (χ0v) is 16.5. The van der Waals surface area contributed by atoms with Gasteiger partial charge in [-0.1, -0.05) is 51.1 Å². The molecule has 1 aromatic carbocycles. The fraction of sp³-hybridized carbons (Fsp3) is 0.526. The highest BCUT2D eigenvalue weighted by Gasteiger charge is 2.40. The quantitative estimate of drug-likeness (QED) is 0.725. The van der Waals surface area contributed by atoms with Crippen LogP contribution in [0.4, 0.5) is 4.79 Å². The first-order valence-corrected chi connectivity index (χ1v) is 11.4. The normalized spacial score (nSPS) is 15.7. The summed E-state index contributed by atoms with van der Waals surface area (Å²) in [4.78, 5) is 14.0. The summed E-state index contributed by atoms with van der Waals surface area (Å²) < 4.78 is 11.8. The predicted molar refractivity (Wildman–Crippen MR) is 99.2 cm³/mol. The summed E-state index contributed by atoms with van der Waals surface area (Å²) in [5.74, 6) is 0.907. The molecule has 132 valence electrons. The van der Waals surface area contributed by atoms with E-state index >= 15 is 0 Å². The van der Waals surface area contributed by atoms with Gasteiger partial charge >= 0.3 is 6.09 Å². The molecule has 0 radical (unpaired) electrons. The van der Waals surface area contributed by atoms with Crippen LogP contribution in [0.2, 0.25) is 18.1 Å². The van der Waals surface area contributed by atoms with Crippen molar-refractivity contribution in [2.45, 2.75) is 51.9 Å². The van der Waals surface area contributed by atoms with E-state index in [2.05, 4.69) is 39.9 Å². The van der Waals surface area contributed by atoms with E-state index in [0.29, 0.717) is 19.7 Å². The molecule has 0 unspecified atom stereocenters. The van der Waals surface area contributed by atoms with Crippen molar-refractivity contribution >= 4 is 14.4 Å². The first-order valence-electron chi connectivity index (χ1n) is 8.53. The Morgan fingerprint density at radius 1 is 1.21 bits per heavy atom. The lowest BCUT2D eigenvalue weighted by Gasteiger charge is -2.39. The number of carbonyl (C=O) groups is 1. The average molecular weight is 348 g/mol. The maximum absolute atomic E-state index is 12.3. The zero-order valence-electron chi connectivity index (χ0n) is 15.5. The summed E-state index contributed by atoms with van der Waals surface area (Å²) in [5.41, 5.74) is 0.996. The zero-order chi connectivity index (χ0) is 17.8. The Morgan fingerprint density at radius 2 is 1.88 bits per heavy atom. The largest absolute Gasteiger partial charge is 0.545 e. The van der Waals surface area contributed by atoms with Crippen molar-refractivity contribution in [3.05, 3.63) is 47.7 Å². The molecule has 0 atom stereocenters. The Bertz CT molecular complexity index is 590. The fourth-order valence-corrected chi connectivity index (χ4v) is 3.34. The molecule has 2 rings (SSSR count). The Kier molecular flexibility index (Phi) is 5.75. The molecule has 0 saturated heterocycles. The molecule has 1 heterocycles. The first-order chi connectivity index (χ1) is 11.2. The summed E-state index contributed by atoms with van der Waals surface area (Å²) in [6.07, 6.45) is 2.65. The Labute approximate surface area is 146 Å². The summed E-state index contributed by atoms with van der Waals surface area (Å²) in [5, 5.41) is 0.143. The van der Waals surface area contributed by atoms with E-state index in [4.69, 9.17) is 9.16 Å². The molecule has 1 aromatic rings. The number of hydrogen-bond donors (Lipinski definition) is 0. The summed E-state index contributed by atoms with van der Waals surface area (Å²) in [7, 11) is -1.87. The van der Waals surface area contributed by atoms with Crippen LogP contribution in [0.1, 0.15) is 32.8 Å². The van der Waals surface area contributed by atoms with Crippen molar-refractivity contribution in [2.75, 3.05) is 13.1 Å². The van der Waals surface area contributed by atoms with Crippen LogP contribution >= 0.6 is 0 Å². The highest BCUT2D eigenvalue weighted by atomic mass is 28.4. The topological polar surface area (TPSA) is 38.8 Å². The standard InChI is InChI=1S/C19H29NO3Si/c1-19(2,3)24(4,5)23-17-12-9-13-20(14-17)18(21)22-15-16-10-7-6-8-11-16/h6-8,10-12H,9,13-15H2,1-5H3. The van der Waals surface area contributed by atoms with E-state index in [1.807, 2.05) is 30.3 Å². The molecule has 24 heavy (non-hydrogen) atoms. The van der Waals surface area contributed by atoms with Crippen molar-refractivity contribution in [3.63, 3.8) is 0 Å². The van der Waals surface area contributed by atoms with Crippen molar-refractivity contribution in [3.8, 4) is 0 Å². The molecule has 0 saturated carbocycles. The van der Waals surface area contributed by atoms with Crippen LogP contribution in [0.15, 0.2) is 42.2 Å². The SMILES string of the molecule is CC(C)(C)[Si](C)(C)OC1=CCCN(C(=O)OCc2ccccc2)C1. The fourth-order valence-electron chi connectivity index (χ4n) is 2.23. The van der Waals surface area contributed by atoms with E-state index in [1.54, 1.807) is 4.90 Å². The molecular weight excluding hydrogens is 318 g/mol. The average Bonchev–Trinajstić information content (AvgIpc) is 2.52. The molecule has 0 aliphatic carbocycles. The minimum absolute atomic E-state index is 0.143. The highest BCUT2D eigenvalue weighted by Crippen LogP contribution is 2.38. The Balaban J connectivity index is 1.90. The lowest BCUT2D eigenvalue weighted by Crippen LogP contribution is -2.44. The predicted octanol–water partition coefficient (Wildman–Crippen LogP) is 4.93. The van der Waals surface area contributed by atoms with Gasteiger partial charge in [-0.2, -0.15) is 0 Å². The van der Waals surface area contributed by atoms with Crippen LogP contribution in [0.25, 0.3) is 0 Å². The van der Waals surface area contributed by atoms with Gasteiger partial charge < -0.3 is 14.1 Å². The third-order valence-electron chi connectivity index (χ3n) is 4.77. The monoisotopic (exact) mass is 347 g/mol. The molecular formula is C19H29NO3Si. The number of nitrogens with zero attached hydrogens (tertiary/aromatic N) is 1. The van der Waals surface area contributed by atoms with Crippen molar-refractivity contribution in [1.29, 1.82) is 0 Å². The van der Waals surface area contributed by atoms with Crippen LogP contribution in [-0.4, -0.2) is 32.4 Å². The van der Waals surface area contributed by atoms with E-state index in [1.165, 1.54) is 0 Å². The van der Waals surface area contributed by atoms with E-state index < -0.39 is 8.32 Å². The highest BCUT2D eigenvalue weighted by molar-refractivity contribution is 6.74. The Morgan fingerprint density at radius 3 is 2.50 bits per heavy atom. The molecule has 1 aliphatic rings. The van der Waals surface area contributed by atoms with E-state index in [-0.39, 0.29) is 11.1 Å². The molecule has 0 fully saturated rings. The van der Waals surface area contributed by atoms with Gasteiger partial charge in [-0.05, 0) is 36.2 Å². The first kappa shape index (κ1) is 18.6. The van der Waals surface area contributed by atoms with Gasteiger partial charge in [-0.3, -0.25) is 0 Å². The van der Waals surface area contributed by atoms with Gasteiger partial charge in [0.2, 0.25) is 8.32 Å². The summed E-state index contributed by atoms with van der Waals surface area (Å²) in [6.45, 7) is 12.6. The molecule has 5 heteroatoms. The summed E-state index contributed by atoms with van der Waals surface area (Å²) >= 11 is 0. The maximum atomic E-state index is 12.3. The van der Waals surface area contributed by atoms with Gasteiger partial charge in [-0.25, -0.2) is 4.79 Å². The van der Waals surface area contributed by atoms with Crippen LogP contribution in [0.3, 0.4) is 0 Å².